The molecular formula is C15H14ClFN2O. The van der Waals surface area contributed by atoms with E-state index in [0.717, 1.165) is 28.5 Å². The molecule has 0 saturated carbocycles. The van der Waals surface area contributed by atoms with E-state index in [2.05, 4.69) is 4.98 Å². The molecule has 0 bridgehead atoms. The largest absolute Gasteiger partial charge is 0.360 e. The maximum absolute atomic E-state index is 13.4. The Morgan fingerprint density at radius 2 is 2.25 bits per heavy atom. The van der Waals surface area contributed by atoms with Gasteiger partial charge in [0.1, 0.15) is 5.82 Å². The molecule has 0 atom stereocenters. The number of halogens is 2. The molecule has 0 radical (unpaired) electrons. The third kappa shape index (κ3) is 2.20. The molecule has 0 saturated heterocycles. The summed E-state index contributed by atoms with van der Waals surface area (Å²) in [5.74, 6) is -0.336. The second-order valence-electron chi connectivity index (χ2n) is 4.96. The Hall–Kier alpha value is -1.81. The zero-order valence-corrected chi connectivity index (χ0v) is 11.8. The number of H-pyrrole nitrogens is 1. The van der Waals surface area contributed by atoms with E-state index in [1.807, 2.05) is 12.3 Å². The topological polar surface area (TPSA) is 36.1 Å². The van der Waals surface area contributed by atoms with Gasteiger partial charge in [-0.2, -0.15) is 0 Å². The van der Waals surface area contributed by atoms with E-state index in [-0.39, 0.29) is 10.9 Å². The summed E-state index contributed by atoms with van der Waals surface area (Å²) >= 11 is 5.86. The molecule has 0 aliphatic carbocycles. The number of aromatic amines is 1. The van der Waals surface area contributed by atoms with Crippen molar-refractivity contribution in [2.75, 3.05) is 13.1 Å². The molecule has 1 aromatic carbocycles. The number of amides is 1. The Morgan fingerprint density at radius 1 is 1.45 bits per heavy atom. The summed E-state index contributed by atoms with van der Waals surface area (Å²) in [6.07, 6.45) is 4.71. The first-order chi connectivity index (χ1) is 9.56. The van der Waals surface area contributed by atoms with Gasteiger partial charge in [0.2, 0.25) is 5.91 Å². The summed E-state index contributed by atoms with van der Waals surface area (Å²) in [6, 6.07) is 3.06. The third-order valence-electron chi connectivity index (χ3n) is 3.72. The van der Waals surface area contributed by atoms with Crippen LogP contribution in [0.15, 0.2) is 24.4 Å². The van der Waals surface area contributed by atoms with Gasteiger partial charge in [0.25, 0.3) is 0 Å². The van der Waals surface area contributed by atoms with Crippen molar-refractivity contribution >= 4 is 34.0 Å². The first kappa shape index (κ1) is 13.2. The van der Waals surface area contributed by atoms with Gasteiger partial charge in [0.15, 0.2) is 0 Å². The minimum Gasteiger partial charge on any atom is -0.360 e. The van der Waals surface area contributed by atoms with Crippen LogP contribution in [-0.4, -0.2) is 28.9 Å². The fraction of sp³-hybridized carbons (Fsp3) is 0.267. The predicted octanol–water partition coefficient (Wildman–Crippen LogP) is 3.60. The molecule has 1 aliphatic rings. The van der Waals surface area contributed by atoms with Crippen LogP contribution in [0.3, 0.4) is 0 Å². The maximum Gasteiger partial charge on any atom is 0.219 e. The highest BCUT2D eigenvalue weighted by atomic mass is 35.5. The Bertz CT molecular complexity index is 720. The average Bonchev–Trinajstić information content (AvgIpc) is 2.82. The second kappa shape index (κ2) is 4.94. The Balaban J connectivity index is 1.99. The zero-order valence-electron chi connectivity index (χ0n) is 11.0. The summed E-state index contributed by atoms with van der Waals surface area (Å²) in [6.45, 7) is 2.90. The van der Waals surface area contributed by atoms with Crippen LogP contribution in [0, 0.1) is 5.82 Å². The Labute approximate surface area is 121 Å². The fourth-order valence-electron chi connectivity index (χ4n) is 2.58. The van der Waals surface area contributed by atoms with Crippen LogP contribution in [0.5, 0.6) is 0 Å². The van der Waals surface area contributed by atoms with Gasteiger partial charge in [-0.1, -0.05) is 17.7 Å². The van der Waals surface area contributed by atoms with Gasteiger partial charge in [-0.15, -0.1) is 0 Å². The maximum atomic E-state index is 13.4. The molecule has 3 nitrogen and oxygen atoms in total. The van der Waals surface area contributed by atoms with Gasteiger partial charge in [0, 0.05) is 42.7 Å². The van der Waals surface area contributed by atoms with Crippen molar-refractivity contribution in [2.24, 2.45) is 0 Å². The van der Waals surface area contributed by atoms with Gasteiger partial charge in [-0.3, -0.25) is 4.79 Å². The molecule has 1 amide bonds. The van der Waals surface area contributed by atoms with E-state index in [9.17, 15) is 9.18 Å². The Morgan fingerprint density at radius 3 is 2.90 bits per heavy atom. The van der Waals surface area contributed by atoms with Crippen LogP contribution in [0.2, 0.25) is 5.02 Å². The number of fused-ring (bicyclic) bond motifs is 1. The van der Waals surface area contributed by atoms with Gasteiger partial charge >= 0.3 is 0 Å². The minimum absolute atomic E-state index is 0.0874. The number of carbonyl (C=O) groups excluding carboxylic acids is 1. The summed E-state index contributed by atoms with van der Waals surface area (Å²) in [7, 11) is 0. The lowest BCUT2D eigenvalue weighted by molar-refractivity contribution is -0.128. The average molecular weight is 293 g/mol. The quantitative estimate of drug-likeness (QED) is 0.856. The molecule has 1 aromatic heterocycles. The molecule has 20 heavy (non-hydrogen) atoms. The normalized spacial score (nSPS) is 15.6. The van der Waals surface area contributed by atoms with Crippen molar-refractivity contribution in [1.82, 2.24) is 9.88 Å². The van der Waals surface area contributed by atoms with Gasteiger partial charge in [-0.05, 0) is 24.1 Å². The van der Waals surface area contributed by atoms with E-state index in [1.54, 1.807) is 17.9 Å². The summed E-state index contributed by atoms with van der Waals surface area (Å²) in [5.41, 5.74) is 2.93. The molecule has 1 aliphatic heterocycles. The van der Waals surface area contributed by atoms with Gasteiger partial charge in [-0.25, -0.2) is 4.39 Å². The SMILES string of the molecule is CC(=O)N1CC=C(c2c[nH]c3cc(F)c(Cl)cc23)CC1. The van der Waals surface area contributed by atoms with Gasteiger partial charge in [0.05, 0.1) is 5.02 Å². The van der Waals surface area contributed by atoms with E-state index in [1.165, 1.54) is 6.07 Å². The molecule has 1 N–H and O–H groups in total. The van der Waals surface area contributed by atoms with Crippen molar-refractivity contribution in [2.45, 2.75) is 13.3 Å². The second-order valence-corrected chi connectivity index (χ2v) is 5.37. The summed E-state index contributed by atoms with van der Waals surface area (Å²) < 4.78 is 13.4. The van der Waals surface area contributed by atoms with E-state index in [0.29, 0.717) is 13.1 Å². The lowest BCUT2D eigenvalue weighted by atomic mass is 9.99. The van der Waals surface area contributed by atoms with Gasteiger partial charge < -0.3 is 9.88 Å². The van der Waals surface area contributed by atoms with Crippen LogP contribution in [0.1, 0.15) is 18.9 Å². The van der Waals surface area contributed by atoms with Crippen LogP contribution < -0.4 is 0 Å². The third-order valence-corrected chi connectivity index (χ3v) is 4.01. The first-order valence-corrected chi connectivity index (χ1v) is 6.85. The summed E-state index contributed by atoms with van der Waals surface area (Å²) in [4.78, 5) is 16.2. The lowest BCUT2D eigenvalue weighted by Gasteiger charge is -2.25. The first-order valence-electron chi connectivity index (χ1n) is 6.47. The molecule has 0 fully saturated rings. The lowest BCUT2D eigenvalue weighted by Crippen LogP contribution is -2.32. The van der Waals surface area contributed by atoms with Crippen LogP contribution >= 0.6 is 11.6 Å². The zero-order chi connectivity index (χ0) is 14.3. The minimum atomic E-state index is -0.423. The van der Waals surface area contributed by atoms with Crippen molar-refractivity contribution < 1.29 is 9.18 Å². The van der Waals surface area contributed by atoms with Crippen LogP contribution in [-0.2, 0) is 4.79 Å². The standard InChI is InChI=1S/C15H14ClFN2O/c1-9(20)19-4-2-10(3-5-19)12-8-18-15-7-14(17)13(16)6-11(12)15/h2,6-8,18H,3-5H2,1H3. The number of nitrogens with zero attached hydrogens (tertiary/aromatic N) is 1. The number of aromatic nitrogens is 1. The molecule has 3 rings (SSSR count). The fourth-order valence-corrected chi connectivity index (χ4v) is 2.75. The molecule has 0 unspecified atom stereocenters. The smallest absolute Gasteiger partial charge is 0.219 e. The van der Waals surface area contributed by atoms with Crippen molar-refractivity contribution in [3.8, 4) is 0 Å². The molecule has 104 valence electrons. The summed E-state index contributed by atoms with van der Waals surface area (Å²) in [5, 5.41) is 1.04. The molecular weight excluding hydrogens is 279 g/mol. The van der Waals surface area contributed by atoms with Crippen molar-refractivity contribution in [3.05, 3.63) is 40.8 Å². The van der Waals surface area contributed by atoms with Crippen molar-refractivity contribution in [1.29, 1.82) is 0 Å². The van der Waals surface area contributed by atoms with Crippen molar-refractivity contribution in [3.63, 3.8) is 0 Å². The molecule has 0 spiro atoms. The number of hydrogen-bond donors (Lipinski definition) is 1. The van der Waals surface area contributed by atoms with E-state index >= 15 is 0 Å². The number of carbonyl (C=O) groups is 1. The highest BCUT2D eigenvalue weighted by Crippen LogP contribution is 2.32. The number of rotatable bonds is 1. The monoisotopic (exact) mass is 292 g/mol. The molecule has 5 heteroatoms. The highest BCUT2D eigenvalue weighted by Gasteiger charge is 2.17. The van der Waals surface area contributed by atoms with Crippen LogP contribution in [0.25, 0.3) is 16.5 Å². The predicted molar refractivity (Wildman–Crippen MR) is 78.1 cm³/mol. The van der Waals surface area contributed by atoms with E-state index in [4.69, 9.17) is 11.6 Å². The number of hydrogen-bond acceptors (Lipinski definition) is 1. The number of benzene rings is 1. The number of nitrogens with one attached hydrogen (secondary N) is 1. The molecule has 2 aromatic rings. The highest BCUT2D eigenvalue weighted by molar-refractivity contribution is 6.31. The van der Waals surface area contributed by atoms with Crippen LogP contribution in [0.4, 0.5) is 4.39 Å². The molecule has 2 heterocycles. The van der Waals surface area contributed by atoms with E-state index < -0.39 is 5.82 Å². The Kier molecular flexibility index (Phi) is 3.26.